The van der Waals surface area contributed by atoms with Crippen molar-refractivity contribution in [2.75, 3.05) is 13.1 Å². The summed E-state index contributed by atoms with van der Waals surface area (Å²) in [4.78, 5) is 35.2. The summed E-state index contributed by atoms with van der Waals surface area (Å²) in [6, 6.07) is -0.568. The molecule has 110 valence electrons. The van der Waals surface area contributed by atoms with Crippen LogP contribution in [-0.2, 0) is 9.59 Å². The Kier molecular flexibility index (Phi) is 7.74. The van der Waals surface area contributed by atoms with Crippen LogP contribution in [0.4, 0.5) is 4.79 Å². The zero-order valence-corrected chi connectivity index (χ0v) is 11.9. The van der Waals surface area contributed by atoms with E-state index in [1.165, 1.54) is 0 Å². The minimum Gasteiger partial charge on any atom is -0.481 e. The first-order valence-electron chi connectivity index (χ1n) is 6.28. The molecule has 0 aliphatic rings. The molecule has 0 rings (SSSR count). The van der Waals surface area contributed by atoms with Gasteiger partial charge < -0.3 is 10.4 Å². The molecule has 0 saturated carbocycles. The molecular weight excluding hydrogens is 250 g/mol. The first-order chi connectivity index (χ1) is 8.72. The standard InChI is InChI=1S/C12H23N3O4/c1-8(2)13-12(19)14-10(16)7-15(9(3)4)6-5-11(17)18/h8-9H,5-7H2,1-4H3,(H,17,18)(H2,13,14,16,19). The van der Waals surface area contributed by atoms with Gasteiger partial charge in [0.2, 0.25) is 5.91 Å². The summed E-state index contributed by atoms with van der Waals surface area (Å²) in [5.74, 6) is -1.36. The van der Waals surface area contributed by atoms with Crippen LogP contribution >= 0.6 is 0 Å². The molecule has 7 nitrogen and oxygen atoms in total. The van der Waals surface area contributed by atoms with Crippen LogP contribution in [-0.4, -0.2) is 53.1 Å². The van der Waals surface area contributed by atoms with Crippen molar-refractivity contribution < 1.29 is 19.5 Å². The first-order valence-corrected chi connectivity index (χ1v) is 6.28. The molecule has 0 unspecified atom stereocenters. The number of amides is 3. The quantitative estimate of drug-likeness (QED) is 0.624. The minimum atomic E-state index is -0.913. The van der Waals surface area contributed by atoms with Crippen LogP contribution in [0.25, 0.3) is 0 Å². The second-order valence-electron chi connectivity index (χ2n) is 4.88. The lowest BCUT2D eigenvalue weighted by atomic mass is 10.2. The van der Waals surface area contributed by atoms with Crippen LogP contribution in [0.2, 0.25) is 0 Å². The number of carboxylic acids is 1. The van der Waals surface area contributed by atoms with Crippen LogP contribution in [0.15, 0.2) is 0 Å². The molecule has 0 aromatic heterocycles. The van der Waals surface area contributed by atoms with Crippen molar-refractivity contribution in [2.45, 2.75) is 46.2 Å². The maximum absolute atomic E-state index is 11.6. The molecule has 0 aromatic carbocycles. The molecule has 0 atom stereocenters. The monoisotopic (exact) mass is 273 g/mol. The summed E-state index contributed by atoms with van der Waals surface area (Å²) in [6.45, 7) is 7.57. The molecule has 0 aliphatic carbocycles. The smallest absolute Gasteiger partial charge is 0.321 e. The number of rotatable bonds is 7. The summed E-state index contributed by atoms with van der Waals surface area (Å²) >= 11 is 0. The lowest BCUT2D eigenvalue weighted by Gasteiger charge is -2.24. The number of carboxylic acid groups (broad SMARTS) is 1. The first kappa shape index (κ1) is 17.4. The van der Waals surface area contributed by atoms with Gasteiger partial charge in [0.05, 0.1) is 13.0 Å². The number of urea groups is 1. The molecule has 3 amide bonds. The van der Waals surface area contributed by atoms with E-state index >= 15 is 0 Å². The largest absolute Gasteiger partial charge is 0.481 e. The summed E-state index contributed by atoms with van der Waals surface area (Å²) in [5.41, 5.74) is 0. The van der Waals surface area contributed by atoms with E-state index in [0.717, 1.165) is 0 Å². The van der Waals surface area contributed by atoms with E-state index in [4.69, 9.17) is 5.11 Å². The van der Waals surface area contributed by atoms with E-state index in [-0.39, 0.29) is 31.6 Å². The van der Waals surface area contributed by atoms with Gasteiger partial charge >= 0.3 is 12.0 Å². The predicted molar refractivity (Wildman–Crippen MR) is 70.8 cm³/mol. The molecule has 0 aliphatic heterocycles. The van der Waals surface area contributed by atoms with Gasteiger partial charge in [-0.05, 0) is 27.7 Å². The summed E-state index contributed by atoms with van der Waals surface area (Å²) in [6.07, 6.45) is -0.0380. The fraction of sp³-hybridized carbons (Fsp3) is 0.750. The zero-order valence-electron chi connectivity index (χ0n) is 11.9. The van der Waals surface area contributed by atoms with E-state index in [1.54, 1.807) is 18.7 Å². The van der Waals surface area contributed by atoms with Crippen LogP contribution in [0.5, 0.6) is 0 Å². The summed E-state index contributed by atoms with van der Waals surface area (Å²) in [7, 11) is 0. The molecule has 7 heteroatoms. The minimum absolute atomic E-state index is 0.00351. The number of nitrogens with one attached hydrogen (secondary N) is 2. The van der Waals surface area contributed by atoms with E-state index in [0.29, 0.717) is 0 Å². The molecule has 0 heterocycles. The molecule has 0 radical (unpaired) electrons. The van der Waals surface area contributed by atoms with Crippen molar-refractivity contribution >= 4 is 17.9 Å². The maximum Gasteiger partial charge on any atom is 0.321 e. The zero-order chi connectivity index (χ0) is 15.0. The SMILES string of the molecule is CC(C)NC(=O)NC(=O)CN(CCC(=O)O)C(C)C. The Labute approximate surface area is 113 Å². The third-order valence-electron chi connectivity index (χ3n) is 2.36. The van der Waals surface area contributed by atoms with Gasteiger partial charge in [0.15, 0.2) is 0 Å². The lowest BCUT2D eigenvalue weighted by molar-refractivity contribution is -0.138. The van der Waals surface area contributed by atoms with Crippen LogP contribution in [0, 0.1) is 0 Å². The molecule has 0 fully saturated rings. The Bertz CT molecular complexity index is 329. The van der Waals surface area contributed by atoms with Crippen LogP contribution in [0.1, 0.15) is 34.1 Å². The van der Waals surface area contributed by atoms with E-state index in [1.807, 2.05) is 13.8 Å². The second kappa shape index (κ2) is 8.47. The topological polar surface area (TPSA) is 98.7 Å². The fourth-order valence-electron chi connectivity index (χ4n) is 1.41. The van der Waals surface area contributed by atoms with E-state index < -0.39 is 17.9 Å². The van der Waals surface area contributed by atoms with Crippen molar-refractivity contribution in [3.05, 3.63) is 0 Å². The maximum atomic E-state index is 11.6. The van der Waals surface area contributed by atoms with Gasteiger partial charge in [-0.1, -0.05) is 0 Å². The number of hydrogen-bond acceptors (Lipinski definition) is 4. The van der Waals surface area contributed by atoms with Crippen molar-refractivity contribution in [1.82, 2.24) is 15.5 Å². The van der Waals surface area contributed by atoms with Crippen molar-refractivity contribution in [2.24, 2.45) is 0 Å². The Morgan fingerprint density at radius 2 is 1.74 bits per heavy atom. The molecule has 3 N–H and O–H groups in total. The number of carbonyl (C=O) groups excluding carboxylic acids is 2. The Hall–Kier alpha value is -1.63. The Balaban J connectivity index is 4.23. The van der Waals surface area contributed by atoms with E-state index in [2.05, 4.69) is 10.6 Å². The second-order valence-corrected chi connectivity index (χ2v) is 4.88. The number of carbonyl (C=O) groups is 3. The normalized spacial score (nSPS) is 10.9. The van der Waals surface area contributed by atoms with Gasteiger partial charge in [-0.3, -0.25) is 19.8 Å². The number of nitrogens with zero attached hydrogens (tertiary/aromatic N) is 1. The van der Waals surface area contributed by atoms with E-state index in [9.17, 15) is 14.4 Å². The molecular formula is C12H23N3O4. The summed E-state index contributed by atoms with van der Waals surface area (Å²) in [5, 5.41) is 13.4. The Morgan fingerprint density at radius 3 is 2.16 bits per heavy atom. The Morgan fingerprint density at radius 1 is 1.16 bits per heavy atom. The summed E-state index contributed by atoms with van der Waals surface area (Å²) < 4.78 is 0. The molecule has 0 spiro atoms. The van der Waals surface area contributed by atoms with Crippen molar-refractivity contribution in [1.29, 1.82) is 0 Å². The molecule has 0 saturated heterocycles. The highest BCUT2D eigenvalue weighted by Gasteiger charge is 2.16. The average molecular weight is 273 g/mol. The number of imide groups is 1. The molecule has 0 bridgehead atoms. The fourth-order valence-corrected chi connectivity index (χ4v) is 1.41. The highest BCUT2D eigenvalue weighted by Crippen LogP contribution is 1.99. The predicted octanol–water partition coefficient (Wildman–Crippen LogP) is 0.406. The van der Waals surface area contributed by atoms with Crippen LogP contribution < -0.4 is 10.6 Å². The number of hydrogen-bond donors (Lipinski definition) is 3. The number of aliphatic carboxylic acids is 1. The van der Waals surface area contributed by atoms with Gasteiger partial charge in [-0.25, -0.2) is 4.79 Å². The van der Waals surface area contributed by atoms with Crippen molar-refractivity contribution in [3.8, 4) is 0 Å². The third-order valence-corrected chi connectivity index (χ3v) is 2.36. The third kappa shape index (κ3) is 9.01. The molecule has 19 heavy (non-hydrogen) atoms. The van der Waals surface area contributed by atoms with Gasteiger partial charge in [0.1, 0.15) is 0 Å². The van der Waals surface area contributed by atoms with Gasteiger partial charge in [-0.15, -0.1) is 0 Å². The highest BCUT2D eigenvalue weighted by molar-refractivity contribution is 5.95. The highest BCUT2D eigenvalue weighted by atomic mass is 16.4. The average Bonchev–Trinajstić information content (AvgIpc) is 2.21. The van der Waals surface area contributed by atoms with Gasteiger partial charge in [0.25, 0.3) is 0 Å². The van der Waals surface area contributed by atoms with Gasteiger partial charge in [-0.2, -0.15) is 0 Å². The van der Waals surface area contributed by atoms with Gasteiger partial charge in [0, 0.05) is 18.6 Å². The lowest BCUT2D eigenvalue weighted by Crippen LogP contribution is -2.47. The van der Waals surface area contributed by atoms with Crippen LogP contribution in [0.3, 0.4) is 0 Å². The van der Waals surface area contributed by atoms with Crippen molar-refractivity contribution in [3.63, 3.8) is 0 Å². The molecule has 0 aromatic rings.